The number of halogens is 1. The van der Waals surface area contributed by atoms with Crippen molar-refractivity contribution in [1.82, 2.24) is 9.71 Å². The van der Waals surface area contributed by atoms with Gasteiger partial charge in [0.1, 0.15) is 17.3 Å². The van der Waals surface area contributed by atoms with Crippen molar-refractivity contribution in [2.75, 3.05) is 0 Å². The highest BCUT2D eigenvalue weighted by molar-refractivity contribution is 7.89. The summed E-state index contributed by atoms with van der Waals surface area (Å²) in [6.07, 6.45) is 0.979. The second kappa shape index (κ2) is 4.69. The lowest BCUT2D eigenvalue weighted by atomic mass is 10.1. The van der Waals surface area contributed by atoms with Gasteiger partial charge < -0.3 is 10.1 Å². The summed E-state index contributed by atoms with van der Waals surface area (Å²) in [6, 6.07) is 0. The largest absolute Gasteiger partial charge is 0.477 e. The number of aromatic nitrogens is 1. The van der Waals surface area contributed by atoms with E-state index in [4.69, 9.17) is 5.11 Å². The molecule has 8 heteroatoms. The number of sulfonamides is 1. The van der Waals surface area contributed by atoms with Crippen LogP contribution in [0.2, 0.25) is 0 Å². The van der Waals surface area contributed by atoms with Crippen molar-refractivity contribution in [2.24, 2.45) is 0 Å². The van der Waals surface area contributed by atoms with Crippen LogP contribution in [-0.2, 0) is 16.7 Å². The highest BCUT2D eigenvalue weighted by Crippen LogP contribution is 2.22. The molecule has 0 atom stereocenters. The molecule has 102 valence electrons. The monoisotopic (exact) mass is 278 g/mol. The first kappa shape index (κ1) is 14.7. The quantitative estimate of drug-likeness (QED) is 0.772. The van der Waals surface area contributed by atoms with Crippen LogP contribution in [0.3, 0.4) is 0 Å². The van der Waals surface area contributed by atoms with Crippen molar-refractivity contribution >= 4 is 16.0 Å². The molecule has 0 saturated carbocycles. The van der Waals surface area contributed by atoms with Crippen LogP contribution in [0.4, 0.5) is 4.39 Å². The fourth-order valence-electron chi connectivity index (χ4n) is 1.46. The summed E-state index contributed by atoms with van der Waals surface area (Å²) in [6.45, 7) is 3.71. The minimum Gasteiger partial charge on any atom is -0.477 e. The van der Waals surface area contributed by atoms with Crippen molar-refractivity contribution in [3.8, 4) is 0 Å². The van der Waals surface area contributed by atoms with Gasteiger partial charge in [0.05, 0.1) is 0 Å². The summed E-state index contributed by atoms with van der Waals surface area (Å²) in [7, 11) is -3.96. The first-order chi connectivity index (χ1) is 8.08. The maximum Gasteiger partial charge on any atom is 0.352 e. The predicted molar refractivity (Wildman–Crippen MR) is 62.6 cm³/mol. The van der Waals surface area contributed by atoms with Crippen LogP contribution in [-0.4, -0.2) is 30.0 Å². The number of hydrogen-bond acceptors (Lipinski definition) is 3. The van der Waals surface area contributed by atoms with Gasteiger partial charge in [0, 0.05) is 17.3 Å². The molecule has 0 amide bonds. The molecule has 0 aliphatic heterocycles. The third-order valence-electron chi connectivity index (χ3n) is 2.02. The van der Waals surface area contributed by atoms with Gasteiger partial charge in [-0.3, -0.25) is 0 Å². The van der Waals surface area contributed by atoms with E-state index in [0.29, 0.717) is 0 Å². The van der Waals surface area contributed by atoms with E-state index in [9.17, 15) is 17.6 Å². The highest BCUT2D eigenvalue weighted by atomic mass is 32.2. The fourth-order valence-corrected chi connectivity index (χ4v) is 3.07. The van der Waals surface area contributed by atoms with E-state index < -0.39 is 33.9 Å². The van der Waals surface area contributed by atoms with Crippen molar-refractivity contribution in [2.45, 2.75) is 37.9 Å². The van der Waals surface area contributed by atoms with Crippen molar-refractivity contribution in [3.63, 3.8) is 0 Å². The van der Waals surface area contributed by atoms with Crippen LogP contribution in [0.25, 0.3) is 0 Å². The van der Waals surface area contributed by atoms with Crippen molar-refractivity contribution in [1.29, 1.82) is 0 Å². The van der Waals surface area contributed by atoms with E-state index in [0.717, 1.165) is 6.20 Å². The van der Waals surface area contributed by atoms with Gasteiger partial charge >= 0.3 is 5.97 Å². The molecule has 0 fully saturated rings. The van der Waals surface area contributed by atoms with E-state index in [2.05, 4.69) is 9.71 Å². The zero-order chi connectivity index (χ0) is 14.1. The van der Waals surface area contributed by atoms with E-state index >= 15 is 0 Å². The zero-order valence-electron chi connectivity index (χ0n) is 10.2. The normalized spacial score (nSPS) is 12.7. The van der Waals surface area contributed by atoms with Crippen LogP contribution >= 0.6 is 0 Å². The van der Waals surface area contributed by atoms with E-state index in [1.165, 1.54) is 0 Å². The van der Waals surface area contributed by atoms with Crippen LogP contribution in [0.1, 0.15) is 36.8 Å². The van der Waals surface area contributed by atoms with Crippen LogP contribution in [0.5, 0.6) is 0 Å². The smallest absolute Gasteiger partial charge is 0.352 e. The molecule has 0 saturated heterocycles. The number of carbonyl (C=O) groups is 1. The van der Waals surface area contributed by atoms with Gasteiger partial charge in [-0.25, -0.2) is 22.3 Å². The molecule has 3 N–H and O–H groups in total. The van der Waals surface area contributed by atoms with Crippen molar-refractivity contribution in [3.05, 3.63) is 17.5 Å². The van der Waals surface area contributed by atoms with Crippen LogP contribution < -0.4 is 4.72 Å². The Hall–Kier alpha value is -1.41. The number of aromatic amines is 1. The summed E-state index contributed by atoms with van der Waals surface area (Å²) in [5.41, 5.74) is -1.57. The fraction of sp³-hybridized carbons (Fsp3) is 0.500. The molecule has 6 nitrogen and oxygen atoms in total. The highest BCUT2D eigenvalue weighted by Gasteiger charge is 2.28. The Bertz CT molecular complexity index is 557. The number of rotatable bonds is 4. The standard InChI is InChI=1S/C10H15FN2O4S/c1-10(2,3)13-18(16,17)7-5-12-8(9(14)15)6(7)4-11/h5,12-13H,4H2,1-3H3,(H,14,15). The molecule has 0 spiro atoms. The van der Waals surface area contributed by atoms with E-state index in [-0.39, 0.29) is 10.5 Å². The number of carboxylic acids is 1. The molecule has 18 heavy (non-hydrogen) atoms. The Morgan fingerprint density at radius 2 is 2.06 bits per heavy atom. The lowest BCUT2D eigenvalue weighted by molar-refractivity contribution is 0.0689. The maximum absolute atomic E-state index is 12.8. The molecule has 1 heterocycles. The summed E-state index contributed by atoms with van der Waals surface area (Å²) in [5.74, 6) is -1.40. The molecule has 0 unspecified atom stereocenters. The molecule has 0 aromatic carbocycles. The Balaban J connectivity index is 3.30. The Kier molecular flexibility index (Phi) is 3.82. The lowest BCUT2D eigenvalue weighted by Crippen LogP contribution is -2.40. The molecule has 0 aliphatic rings. The van der Waals surface area contributed by atoms with Gasteiger partial charge in [-0.2, -0.15) is 0 Å². The first-order valence-corrected chi connectivity index (χ1v) is 6.60. The maximum atomic E-state index is 12.8. The molecule has 1 aromatic heterocycles. The minimum absolute atomic E-state index is 0.376. The number of hydrogen-bond donors (Lipinski definition) is 3. The summed E-state index contributed by atoms with van der Waals surface area (Å²) >= 11 is 0. The van der Waals surface area contributed by atoms with E-state index in [1.54, 1.807) is 20.8 Å². The van der Waals surface area contributed by atoms with E-state index in [1.807, 2.05) is 0 Å². The lowest BCUT2D eigenvalue weighted by Gasteiger charge is -2.20. The average molecular weight is 278 g/mol. The van der Waals surface area contributed by atoms with Gasteiger partial charge in [-0.05, 0) is 20.8 Å². The van der Waals surface area contributed by atoms with Crippen LogP contribution in [0.15, 0.2) is 11.1 Å². The number of nitrogens with one attached hydrogen (secondary N) is 2. The average Bonchev–Trinajstić information content (AvgIpc) is 2.57. The third-order valence-corrected chi connectivity index (χ3v) is 3.85. The Morgan fingerprint density at radius 3 is 2.44 bits per heavy atom. The summed E-state index contributed by atoms with van der Waals surface area (Å²) < 4.78 is 39.1. The zero-order valence-corrected chi connectivity index (χ0v) is 11.1. The third kappa shape index (κ3) is 3.08. The summed E-state index contributed by atoms with van der Waals surface area (Å²) in [5, 5.41) is 8.80. The molecule has 1 aromatic rings. The Morgan fingerprint density at radius 1 is 1.50 bits per heavy atom. The molecule has 0 aliphatic carbocycles. The minimum atomic E-state index is -3.96. The topological polar surface area (TPSA) is 99.3 Å². The van der Waals surface area contributed by atoms with Crippen LogP contribution in [0, 0.1) is 0 Å². The summed E-state index contributed by atoms with van der Waals surface area (Å²) in [4.78, 5) is 12.7. The SMILES string of the molecule is CC(C)(C)NS(=O)(=O)c1c[nH]c(C(=O)O)c1CF. The molecular formula is C10H15FN2O4S. The van der Waals surface area contributed by atoms with Gasteiger partial charge in [-0.1, -0.05) is 0 Å². The predicted octanol–water partition coefficient (Wildman–Crippen LogP) is 1.26. The van der Waals surface area contributed by atoms with Crippen molar-refractivity contribution < 1.29 is 22.7 Å². The molecule has 0 radical (unpaired) electrons. The Labute approximate surface area is 104 Å². The second-order valence-corrected chi connectivity index (χ2v) is 6.45. The molecule has 0 bridgehead atoms. The molecule has 1 rings (SSSR count). The second-order valence-electron chi connectivity index (χ2n) is 4.80. The first-order valence-electron chi connectivity index (χ1n) is 5.12. The number of alkyl halides is 1. The number of carboxylic acid groups (broad SMARTS) is 1. The number of H-pyrrole nitrogens is 1. The van der Waals surface area contributed by atoms with Gasteiger partial charge in [0.15, 0.2) is 0 Å². The molecular weight excluding hydrogens is 263 g/mol. The van der Waals surface area contributed by atoms with Gasteiger partial charge in [0.2, 0.25) is 10.0 Å². The number of aromatic carboxylic acids is 1. The van der Waals surface area contributed by atoms with Gasteiger partial charge in [0.25, 0.3) is 0 Å². The van der Waals surface area contributed by atoms with Gasteiger partial charge in [-0.15, -0.1) is 0 Å².